The van der Waals surface area contributed by atoms with Crippen LogP contribution in [0.1, 0.15) is 26.7 Å². The van der Waals surface area contributed by atoms with Crippen molar-refractivity contribution >= 4 is 11.5 Å². The summed E-state index contributed by atoms with van der Waals surface area (Å²) >= 11 is 0. The van der Waals surface area contributed by atoms with Gasteiger partial charge >= 0.3 is 0 Å². The van der Waals surface area contributed by atoms with E-state index in [2.05, 4.69) is 24.4 Å². The van der Waals surface area contributed by atoms with E-state index >= 15 is 0 Å². The molecular formula is C8H12N2O. The van der Waals surface area contributed by atoms with Gasteiger partial charge in [-0.3, -0.25) is 4.79 Å². The summed E-state index contributed by atoms with van der Waals surface area (Å²) in [7, 11) is 0. The lowest BCUT2D eigenvalue weighted by Gasteiger charge is -2.23. The van der Waals surface area contributed by atoms with Crippen LogP contribution in [0.5, 0.6) is 0 Å². The summed E-state index contributed by atoms with van der Waals surface area (Å²) < 4.78 is 0. The summed E-state index contributed by atoms with van der Waals surface area (Å²) in [4.78, 5) is 11.2. The number of nitrogens with one attached hydrogen (secondary N) is 1. The minimum Gasteiger partial charge on any atom is -0.303 e. The molecule has 60 valence electrons. The monoisotopic (exact) mass is 152 g/mol. The summed E-state index contributed by atoms with van der Waals surface area (Å²) in [6, 6.07) is 0. The van der Waals surface area contributed by atoms with Crippen LogP contribution in [0.25, 0.3) is 0 Å². The van der Waals surface area contributed by atoms with Crippen molar-refractivity contribution in [2.45, 2.75) is 32.2 Å². The van der Waals surface area contributed by atoms with Crippen molar-refractivity contribution < 1.29 is 4.79 Å². The van der Waals surface area contributed by atoms with Gasteiger partial charge in [0.2, 0.25) is 0 Å². The highest BCUT2D eigenvalue weighted by atomic mass is 16.1. The smallest absolute Gasteiger partial charge is 0.179 e. The third-order valence-corrected chi connectivity index (χ3v) is 2.61. The number of Topliss-reactive ketones (excluding diaryl/α,β-unsaturated/α-hetero) is 1. The molecule has 0 spiro atoms. The zero-order valence-electron chi connectivity index (χ0n) is 6.85. The first kappa shape index (κ1) is 6.83. The summed E-state index contributed by atoms with van der Waals surface area (Å²) in [6.45, 7) is 4.18. The second-order valence-electron chi connectivity index (χ2n) is 3.84. The standard InChI is InChI=1S/C8H12N2O/c1-8(2)5-3-4-6(11)7(5)9-10-8/h5,10H,3-4H2,1-2H3/t5-/m0/s1. The van der Waals surface area contributed by atoms with Crippen molar-refractivity contribution in [2.24, 2.45) is 11.0 Å². The molecule has 0 aromatic carbocycles. The highest BCUT2D eigenvalue weighted by molar-refractivity contribution is 6.43. The Labute approximate surface area is 65.9 Å². The second-order valence-corrected chi connectivity index (χ2v) is 3.84. The van der Waals surface area contributed by atoms with Crippen molar-refractivity contribution in [3.05, 3.63) is 0 Å². The fourth-order valence-electron chi connectivity index (χ4n) is 1.86. The maximum atomic E-state index is 11.2. The minimum atomic E-state index is 0.00148. The van der Waals surface area contributed by atoms with Crippen LogP contribution in [0, 0.1) is 5.92 Å². The van der Waals surface area contributed by atoms with Crippen LogP contribution < -0.4 is 5.43 Å². The lowest BCUT2D eigenvalue weighted by atomic mass is 9.87. The predicted molar refractivity (Wildman–Crippen MR) is 42.4 cm³/mol. The van der Waals surface area contributed by atoms with Crippen LogP contribution in [-0.4, -0.2) is 17.0 Å². The average molecular weight is 152 g/mol. The van der Waals surface area contributed by atoms with Crippen LogP contribution in [0.3, 0.4) is 0 Å². The number of hydrogen-bond acceptors (Lipinski definition) is 3. The van der Waals surface area contributed by atoms with Crippen LogP contribution in [0.4, 0.5) is 0 Å². The first-order valence-electron chi connectivity index (χ1n) is 3.99. The van der Waals surface area contributed by atoms with Crippen LogP contribution in [-0.2, 0) is 4.79 Å². The number of carbonyl (C=O) groups excluding carboxylic acids is 1. The number of hydrazone groups is 1. The highest BCUT2D eigenvalue weighted by Gasteiger charge is 2.44. The molecule has 1 aliphatic heterocycles. The fraction of sp³-hybridized carbons (Fsp3) is 0.750. The van der Waals surface area contributed by atoms with Crippen molar-refractivity contribution in [2.75, 3.05) is 0 Å². The van der Waals surface area contributed by atoms with Gasteiger partial charge in [0.1, 0.15) is 5.71 Å². The molecule has 0 saturated heterocycles. The Kier molecular flexibility index (Phi) is 1.14. The largest absolute Gasteiger partial charge is 0.303 e. The van der Waals surface area contributed by atoms with Gasteiger partial charge in [0.15, 0.2) is 5.78 Å². The number of ketones is 1. The zero-order valence-corrected chi connectivity index (χ0v) is 6.85. The molecule has 1 fully saturated rings. The summed E-state index contributed by atoms with van der Waals surface area (Å²) in [5, 5.41) is 4.05. The maximum Gasteiger partial charge on any atom is 0.179 e. The number of rotatable bonds is 0. The van der Waals surface area contributed by atoms with E-state index in [4.69, 9.17) is 0 Å². The normalized spacial score (nSPS) is 33.1. The quantitative estimate of drug-likeness (QED) is 0.555. The molecule has 0 bridgehead atoms. The number of hydrogen-bond donors (Lipinski definition) is 1. The second kappa shape index (κ2) is 1.84. The van der Waals surface area contributed by atoms with Gasteiger partial charge in [-0.05, 0) is 20.3 Å². The molecule has 2 rings (SSSR count). The number of nitrogens with zero attached hydrogens (tertiary/aromatic N) is 1. The van der Waals surface area contributed by atoms with E-state index in [1.165, 1.54) is 0 Å². The maximum absolute atomic E-state index is 11.2. The molecular weight excluding hydrogens is 140 g/mol. The van der Waals surface area contributed by atoms with E-state index in [0.717, 1.165) is 12.1 Å². The van der Waals surface area contributed by atoms with Crippen molar-refractivity contribution in [1.29, 1.82) is 0 Å². The summed E-state index contributed by atoms with van der Waals surface area (Å²) in [5.74, 6) is 0.586. The Bertz CT molecular complexity index is 242. The minimum absolute atomic E-state index is 0.00148. The SMILES string of the molecule is CC1(C)NN=C2C(=O)CC[C@@H]21. The van der Waals surface area contributed by atoms with Gasteiger partial charge in [0.25, 0.3) is 0 Å². The van der Waals surface area contributed by atoms with Crippen LogP contribution in [0.15, 0.2) is 5.10 Å². The molecule has 1 aliphatic carbocycles. The Morgan fingerprint density at radius 3 is 3.00 bits per heavy atom. The van der Waals surface area contributed by atoms with E-state index in [9.17, 15) is 4.79 Å². The van der Waals surface area contributed by atoms with Crippen molar-refractivity contribution in [1.82, 2.24) is 5.43 Å². The Morgan fingerprint density at radius 2 is 2.36 bits per heavy atom. The molecule has 0 unspecified atom stereocenters. The molecule has 11 heavy (non-hydrogen) atoms. The first-order chi connectivity index (χ1) is 5.11. The van der Waals surface area contributed by atoms with Crippen LogP contribution >= 0.6 is 0 Å². The topological polar surface area (TPSA) is 41.5 Å². The van der Waals surface area contributed by atoms with Gasteiger partial charge in [-0.15, -0.1) is 0 Å². The molecule has 1 N–H and O–H groups in total. The van der Waals surface area contributed by atoms with Crippen molar-refractivity contribution in [3.8, 4) is 0 Å². The van der Waals surface area contributed by atoms with Crippen LogP contribution in [0.2, 0.25) is 0 Å². The molecule has 0 aromatic heterocycles. The molecule has 3 heteroatoms. The Hall–Kier alpha value is -0.860. The van der Waals surface area contributed by atoms with E-state index in [-0.39, 0.29) is 11.3 Å². The van der Waals surface area contributed by atoms with E-state index < -0.39 is 0 Å². The highest BCUT2D eigenvalue weighted by Crippen LogP contribution is 2.33. The summed E-state index contributed by atoms with van der Waals surface area (Å²) in [6.07, 6.45) is 1.66. The van der Waals surface area contributed by atoms with Gasteiger partial charge in [-0.1, -0.05) is 0 Å². The molecule has 1 saturated carbocycles. The molecule has 0 aromatic rings. The van der Waals surface area contributed by atoms with Gasteiger partial charge in [-0.25, -0.2) is 0 Å². The Morgan fingerprint density at radius 1 is 1.64 bits per heavy atom. The average Bonchev–Trinajstić information content (AvgIpc) is 2.39. The summed E-state index contributed by atoms with van der Waals surface area (Å²) in [5.41, 5.74) is 3.77. The van der Waals surface area contributed by atoms with Gasteiger partial charge < -0.3 is 5.43 Å². The van der Waals surface area contributed by atoms with Gasteiger partial charge in [-0.2, -0.15) is 5.10 Å². The lowest BCUT2D eigenvalue weighted by Crippen LogP contribution is -2.38. The van der Waals surface area contributed by atoms with Gasteiger partial charge in [0, 0.05) is 12.3 Å². The number of fused-ring (bicyclic) bond motifs is 1. The van der Waals surface area contributed by atoms with Crippen molar-refractivity contribution in [3.63, 3.8) is 0 Å². The van der Waals surface area contributed by atoms with E-state index in [1.807, 2.05) is 0 Å². The van der Waals surface area contributed by atoms with Gasteiger partial charge in [0.05, 0.1) is 5.54 Å². The molecule has 2 aliphatic rings. The number of carbonyl (C=O) groups is 1. The predicted octanol–water partition coefficient (Wildman–Crippen LogP) is 0.703. The molecule has 3 nitrogen and oxygen atoms in total. The third-order valence-electron chi connectivity index (χ3n) is 2.61. The zero-order chi connectivity index (χ0) is 8.06. The molecule has 0 amide bonds. The third kappa shape index (κ3) is 0.800. The Balaban J connectivity index is 2.33. The fourth-order valence-corrected chi connectivity index (χ4v) is 1.86. The van der Waals surface area contributed by atoms with E-state index in [0.29, 0.717) is 12.3 Å². The molecule has 1 heterocycles. The van der Waals surface area contributed by atoms with E-state index in [1.54, 1.807) is 0 Å². The first-order valence-corrected chi connectivity index (χ1v) is 3.99. The lowest BCUT2D eigenvalue weighted by molar-refractivity contribution is -0.112. The molecule has 0 radical (unpaired) electrons. The molecule has 1 atom stereocenters.